The highest BCUT2D eigenvalue weighted by Crippen LogP contribution is 2.41. The van der Waals surface area contributed by atoms with Crippen molar-refractivity contribution in [2.24, 2.45) is 0 Å². The molecule has 2 aromatic heterocycles. The number of hydrogen-bond acceptors (Lipinski definition) is 8. The van der Waals surface area contributed by atoms with Gasteiger partial charge in [0.1, 0.15) is 16.9 Å². The van der Waals surface area contributed by atoms with E-state index in [1.807, 2.05) is 26.0 Å². The Morgan fingerprint density at radius 1 is 1.22 bits per heavy atom. The molecular formula is C29H39N5O6Si. The summed E-state index contributed by atoms with van der Waals surface area (Å²) < 4.78 is 25.3. The largest absolute Gasteiger partial charge is 0.487 e. The van der Waals surface area contributed by atoms with Gasteiger partial charge in [-0.1, -0.05) is 19.6 Å². The molecule has 0 atom stereocenters. The van der Waals surface area contributed by atoms with Crippen molar-refractivity contribution >= 4 is 31.4 Å². The van der Waals surface area contributed by atoms with E-state index in [9.17, 15) is 9.59 Å². The van der Waals surface area contributed by atoms with Gasteiger partial charge in [-0.2, -0.15) is 5.10 Å². The van der Waals surface area contributed by atoms with E-state index in [2.05, 4.69) is 35.0 Å². The van der Waals surface area contributed by atoms with E-state index >= 15 is 0 Å². The molecule has 2 amide bonds. The molecule has 2 aliphatic rings. The third-order valence-corrected chi connectivity index (χ3v) is 8.93. The number of nitrogens with zero attached hydrogens (tertiary/aromatic N) is 4. The molecule has 3 aromatic rings. The van der Waals surface area contributed by atoms with Gasteiger partial charge in [-0.3, -0.25) is 4.79 Å². The minimum absolute atomic E-state index is 0.157. The summed E-state index contributed by atoms with van der Waals surface area (Å²) in [6.45, 7) is 12.2. The van der Waals surface area contributed by atoms with E-state index in [-0.39, 0.29) is 30.1 Å². The van der Waals surface area contributed by atoms with Crippen LogP contribution in [0, 0.1) is 0 Å². The summed E-state index contributed by atoms with van der Waals surface area (Å²) in [5.41, 5.74) is 3.07. The van der Waals surface area contributed by atoms with Crippen molar-refractivity contribution in [2.45, 2.75) is 63.8 Å². The van der Waals surface area contributed by atoms with Crippen LogP contribution in [0.5, 0.6) is 5.75 Å². The number of aromatic nitrogens is 3. The summed E-state index contributed by atoms with van der Waals surface area (Å²) in [6.07, 6.45) is 4.66. The number of nitrogens with one attached hydrogen (secondary N) is 1. The number of rotatable bonds is 8. The molecule has 1 fully saturated rings. The number of hydrogen-bond donors (Lipinski definition) is 1. The van der Waals surface area contributed by atoms with Crippen LogP contribution in [0.3, 0.4) is 0 Å². The van der Waals surface area contributed by atoms with Crippen molar-refractivity contribution in [3.05, 3.63) is 53.5 Å². The van der Waals surface area contributed by atoms with Gasteiger partial charge in [0.2, 0.25) is 0 Å². The van der Waals surface area contributed by atoms with Crippen molar-refractivity contribution in [1.29, 1.82) is 0 Å². The van der Waals surface area contributed by atoms with Crippen molar-refractivity contribution in [1.82, 2.24) is 19.5 Å². The average molecular weight is 582 g/mol. The second-order valence-electron chi connectivity index (χ2n) is 12.6. The maximum absolute atomic E-state index is 13.4. The van der Waals surface area contributed by atoms with Gasteiger partial charge in [-0.25, -0.2) is 14.3 Å². The van der Waals surface area contributed by atoms with Crippen LogP contribution in [0.2, 0.25) is 25.7 Å². The number of fused-ring (bicyclic) bond motifs is 2. The zero-order valence-corrected chi connectivity index (χ0v) is 25.6. The normalized spacial score (nSPS) is 19.9. The smallest absolute Gasteiger partial charge is 0.409 e. The Bertz CT molecular complexity index is 1430. The molecule has 0 aliphatic carbocycles. The maximum Gasteiger partial charge on any atom is 0.409 e. The van der Waals surface area contributed by atoms with Gasteiger partial charge in [-0.15, -0.1) is 0 Å². The molecule has 11 nitrogen and oxygen atoms in total. The lowest BCUT2D eigenvalue weighted by atomic mass is 9.94. The number of anilines is 1. The minimum atomic E-state index is -1.29. The first-order chi connectivity index (χ1) is 19.4. The molecule has 220 valence electrons. The van der Waals surface area contributed by atoms with E-state index in [1.54, 1.807) is 30.0 Å². The second-order valence-corrected chi connectivity index (χ2v) is 18.2. The fraction of sp³-hybridized carbons (Fsp3) is 0.517. The molecule has 0 saturated carbocycles. The number of amides is 2. The third kappa shape index (κ3) is 6.88. The van der Waals surface area contributed by atoms with Gasteiger partial charge >= 0.3 is 6.09 Å². The Kier molecular flexibility index (Phi) is 8.08. The first-order valence-electron chi connectivity index (χ1n) is 14.0. The fourth-order valence-corrected chi connectivity index (χ4v) is 5.68. The summed E-state index contributed by atoms with van der Waals surface area (Å²) in [5.74, 6) is 0.335. The molecule has 0 unspecified atom stereocenters. The topological polar surface area (TPSA) is 117 Å². The highest BCUT2D eigenvalue weighted by atomic mass is 28.3. The molecule has 1 aromatic carbocycles. The Morgan fingerprint density at radius 3 is 2.71 bits per heavy atom. The Labute approximate surface area is 241 Å². The molecule has 12 heteroatoms. The SMILES string of the molecule is CN(CC1OCC(c2cc3c(cc2NC(=O)c2cnn4cccnc24)CC(C)(C)O3)CO1)C(=O)OCC[Si](C)(C)C. The van der Waals surface area contributed by atoms with E-state index < -0.39 is 14.4 Å². The predicted octanol–water partition coefficient (Wildman–Crippen LogP) is 4.56. The van der Waals surface area contributed by atoms with Gasteiger partial charge in [0.25, 0.3) is 5.91 Å². The van der Waals surface area contributed by atoms with E-state index in [4.69, 9.17) is 18.9 Å². The first kappa shape index (κ1) is 29.0. The maximum atomic E-state index is 13.4. The molecule has 1 saturated heterocycles. The fourth-order valence-electron chi connectivity index (χ4n) is 4.97. The molecule has 0 bridgehead atoms. The summed E-state index contributed by atoms with van der Waals surface area (Å²) in [6, 6.07) is 6.63. The molecule has 2 aliphatic heterocycles. The molecular weight excluding hydrogens is 542 g/mol. The van der Waals surface area contributed by atoms with Gasteiger partial charge < -0.3 is 29.2 Å². The lowest BCUT2D eigenvalue weighted by molar-refractivity contribution is -0.191. The van der Waals surface area contributed by atoms with Crippen molar-refractivity contribution in [2.75, 3.05) is 38.7 Å². The van der Waals surface area contributed by atoms with Gasteiger partial charge in [-0.05, 0) is 43.7 Å². The van der Waals surface area contributed by atoms with Crippen LogP contribution in [-0.2, 0) is 20.6 Å². The van der Waals surface area contributed by atoms with Crippen LogP contribution in [-0.4, -0.2) is 84.9 Å². The molecule has 4 heterocycles. The number of carbonyl (C=O) groups is 2. The highest BCUT2D eigenvalue weighted by Gasteiger charge is 2.34. The number of carbonyl (C=O) groups excluding carboxylic acids is 2. The molecule has 41 heavy (non-hydrogen) atoms. The van der Waals surface area contributed by atoms with Gasteiger partial charge in [0.15, 0.2) is 11.9 Å². The highest BCUT2D eigenvalue weighted by molar-refractivity contribution is 6.76. The lowest BCUT2D eigenvalue weighted by Gasteiger charge is -2.32. The van der Waals surface area contributed by atoms with Crippen LogP contribution in [0.1, 0.15) is 41.3 Å². The summed E-state index contributed by atoms with van der Waals surface area (Å²) in [7, 11) is 0.392. The van der Waals surface area contributed by atoms with Crippen LogP contribution in [0.4, 0.5) is 10.5 Å². The first-order valence-corrected chi connectivity index (χ1v) is 17.7. The summed E-state index contributed by atoms with van der Waals surface area (Å²) in [4.78, 5) is 31.6. The van der Waals surface area contributed by atoms with Gasteiger partial charge in [0.05, 0.1) is 32.6 Å². The standard InChI is InChI=1S/C29H39N5O6Si/c1-29(2)14-19-12-23(32-27(35)22-15-31-34-9-7-8-30-26(22)34)21(13-24(19)40-29)20-17-38-25(39-18-20)16-33(3)28(36)37-10-11-41(4,5)6/h7-9,12-13,15,20,25H,10-11,14,16-18H2,1-6H3,(H,32,35). The number of ether oxygens (including phenoxy) is 4. The number of likely N-dealkylation sites (N-methyl/N-ethyl adjacent to an activating group) is 1. The molecule has 5 rings (SSSR count). The Morgan fingerprint density at radius 2 is 1.98 bits per heavy atom. The molecule has 0 radical (unpaired) electrons. The second kappa shape index (κ2) is 11.4. The Balaban J connectivity index is 1.27. The molecule has 0 spiro atoms. The minimum Gasteiger partial charge on any atom is -0.487 e. The van der Waals surface area contributed by atoms with Crippen LogP contribution >= 0.6 is 0 Å². The van der Waals surface area contributed by atoms with Crippen LogP contribution in [0.25, 0.3) is 5.65 Å². The van der Waals surface area contributed by atoms with Crippen molar-refractivity contribution < 1.29 is 28.5 Å². The van der Waals surface area contributed by atoms with Crippen LogP contribution < -0.4 is 10.1 Å². The van der Waals surface area contributed by atoms with Crippen molar-refractivity contribution in [3.63, 3.8) is 0 Å². The summed E-state index contributed by atoms with van der Waals surface area (Å²) >= 11 is 0. The van der Waals surface area contributed by atoms with E-state index in [1.165, 1.54) is 11.1 Å². The quantitative estimate of drug-likeness (QED) is 0.385. The van der Waals surface area contributed by atoms with E-state index in [0.29, 0.717) is 36.7 Å². The summed E-state index contributed by atoms with van der Waals surface area (Å²) in [5, 5.41) is 7.32. The van der Waals surface area contributed by atoms with Crippen LogP contribution in [0.15, 0.2) is 36.8 Å². The predicted molar refractivity (Wildman–Crippen MR) is 156 cm³/mol. The van der Waals surface area contributed by atoms with Gasteiger partial charge in [0, 0.05) is 51.1 Å². The average Bonchev–Trinajstić information content (AvgIpc) is 3.47. The zero-order valence-electron chi connectivity index (χ0n) is 24.6. The molecule has 1 N–H and O–H groups in total. The number of benzene rings is 1. The monoisotopic (exact) mass is 581 g/mol. The lowest BCUT2D eigenvalue weighted by Crippen LogP contribution is -2.41. The third-order valence-electron chi connectivity index (χ3n) is 7.23. The van der Waals surface area contributed by atoms with Crippen molar-refractivity contribution in [3.8, 4) is 5.75 Å². The van der Waals surface area contributed by atoms with E-state index in [0.717, 1.165) is 29.3 Å². The zero-order chi connectivity index (χ0) is 29.4. The Hall–Kier alpha value is -3.48.